The van der Waals surface area contributed by atoms with Crippen molar-refractivity contribution in [2.45, 2.75) is 50.6 Å². The van der Waals surface area contributed by atoms with Crippen LogP contribution >= 0.6 is 11.8 Å². The average Bonchev–Trinajstić information content (AvgIpc) is 3.23. The highest BCUT2D eigenvalue weighted by atomic mass is 32.2. The third-order valence-electron chi connectivity index (χ3n) is 5.93. The number of aromatic nitrogens is 3. The fourth-order valence-electron chi connectivity index (χ4n) is 3.91. The van der Waals surface area contributed by atoms with Crippen molar-refractivity contribution in [1.82, 2.24) is 14.8 Å². The van der Waals surface area contributed by atoms with E-state index in [2.05, 4.69) is 65.0 Å². The summed E-state index contributed by atoms with van der Waals surface area (Å²) in [6.45, 7) is 5.00. The first-order chi connectivity index (χ1) is 16.6. The molecule has 0 aliphatic rings. The predicted molar refractivity (Wildman–Crippen MR) is 137 cm³/mol. The zero-order valence-corrected chi connectivity index (χ0v) is 20.4. The number of hydrogen-bond donors (Lipinski definition) is 1. The standard InChI is InChI=1S/C28H29N3O2S/c1-3-4-13-26-29-30-28(34-19-23-10-6-5-9-20(23)2)31(26)18-21-14-16-22(17-15-21)24-11-7-8-12-25(24)27(32)33/h5-12,14-17H,3-4,13,18-19H2,1-2H3,(H,32,33). The number of rotatable bonds is 10. The van der Waals surface area contributed by atoms with Crippen molar-refractivity contribution in [3.63, 3.8) is 0 Å². The first kappa shape index (κ1) is 23.8. The Morgan fingerprint density at radius 3 is 2.44 bits per heavy atom. The molecule has 0 fully saturated rings. The van der Waals surface area contributed by atoms with E-state index in [-0.39, 0.29) is 0 Å². The van der Waals surface area contributed by atoms with Crippen molar-refractivity contribution in [3.05, 3.63) is 101 Å². The van der Waals surface area contributed by atoms with Gasteiger partial charge in [0.1, 0.15) is 5.82 Å². The van der Waals surface area contributed by atoms with Crippen molar-refractivity contribution in [2.24, 2.45) is 0 Å². The summed E-state index contributed by atoms with van der Waals surface area (Å²) in [5, 5.41) is 19.5. The van der Waals surface area contributed by atoms with Crippen molar-refractivity contribution in [3.8, 4) is 11.1 Å². The summed E-state index contributed by atoms with van der Waals surface area (Å²) in [6, 6.07) is 23.7. The molecular weight excluding hydrogens is 442 g/mol. The summed E-state index contributed by atoms with van der Waals surface area (Å²) in [5.41, 5.74) is 5.65. The molecule has 1 N–H and O–H groups in total. The van der Waals surface area contributed by atoms with Crippen molar-refractivity contribution in [1.29, 1.82) is 0 Å². The lowest BCUT2D eigenvalue weighted by Crippen LogP contribution is -2.07. The van der Waals surface area contributed by atoms with E-state index in [9.17, 15) is 9.90 Å². The summed E-state index contributed by atoms with van der Waals surface area (Å²) in [4.78, 5) is 11.6. The highest BCUT2D eigenvalue weighted by molar-refractivity contribution is 7.98. The number of hydrogen-bond acceptors (Lipinski definition) is 4. The van der Waals surface area contributed by atoms with E-state index in [1.54, 1.807) is 23.9 Å². The van der Waals surface area contributed by atoms with Gasteiger partial charge in [0.25, 0.3) is 0 Å². The molecule has 1 heterocycles. The summed E-state index contributed by atoms with van der Waals surface area (Å²) in [6.07, 6.45) is 3.08. The molecule has 4 aromatic rings. The average molecular weight is 472 g/mol. The van der Waals surface area contributed by atoms with Crippen molar-refractivity contribution in [2.75, 3.05) is 0 Å². The Labute approximate surface area is 204 Å². The minimum atomic E-state index is -0.917. The number of aryl methyl sites for hydroxylation is 2. The molecule has 0 radical (unpaired) electrons. The maximum Gasteiger partial charge on any atom is 0.336 e. The van der Waals surface area contributed by atoms with Gasteiger partial charge in [0, 0.05) is 12.2 Å². The maximum atomic E-state index is 11.6. The second-order valence-corrected chi connectivity index (χ2v) is 9.29. The second kappa shape index (κ2) is 11.2. The van der Waals surface area contributed by atoms with E-state index in [1.807, 2.05) is 24.3 Å². The normalized spacial score (nSPS) is 11.0. The molecule has 0 bridgehead atoms. The molecule has 0 spiro atoms. The number of benzene rings is 3. The second-order valence-electron chi connectivity index (χ2n) is 8.35. The zero-order valence-electron chi connectivity index (χ0n) is 19.6. The SMILES string of the molecule is CCCCc1nnc(SCc2ccccc2C)n1Cc1ccc(-c2ccccc2C(=O)O)cc1. The van der Waals surface area contributed by atoms with Gasteiger partial charge in [-0.05, 0) is 47.2 Å². The Balaban J connectivity index is 1.57. The topological polar surface area (TPSA) is 68.0 Å². The van der Waals surface area contributed by atoms with Gasteiger partial charge in [-0.15, -0.1) is 10.2 Å². The van der Waals surface area contributed by atoms with Crippen LogP contribution < -0.4 is 0 Å². The molecule has 3 aromatic carbocycles. The summed E-state index contributed by atoms with van der Waals surface area (Å²) >= 11 is 1.72. The van der Waals surface area contributed by atoms with E-state index in [0.717, 1.165) is 52.7 Å². The number of nitrogens with zero attached hydrogens (tertiary/aromatic N) is 3. The number of carboxylic acids is 1. The Bertz CT molecular complexity index is 1260. The number of thioether (sulfide) groups is 1. The highest BCUT2D eigenvalue weighted by Crippen LogP contribution is 2.27. The molecular formula is C28H29N3O2S. The molecule has 174 valence electrons. The fraction of sp³-hybridized carbons (Fsp3) is 0.250. The van der Waals surface area contributed by atoms with Crippen LogP contribution in [0.4, 0.5) is 0 Å². The fourth-order valence-corrected chi connectivity index (χ4v) is 4.95. The molecule has 5 nitrogen and oxygen atoms in total. The van der Waals surface area contributed by atoms with E-state index in [0.29, 0.717) is 12.1 Å². The number of carboxylic acid groups (broad SMARTS) is 1. The van der Waals surface area contributed by atoms with Gasteiger partial charge >= 0.3 is 5.97 Å². The molecule has 0 aliphatic carbocycles. The summed E-state index contributed by atoms with van der Waals surface area (Å²) in [7, 11) is 0. The van der Waals surface area contributed by atoms with Crippen LogP contribution in [0.25, 0.3) is 11.1 Å². The molecule has 0 atom stereocenters. The van der Waals surface area contributed by atoms with Crippen LogP contribution in [0.2, 0.25) is 0 Å². The van der Waals surface area contributed by atoms with Crippen molar-refractivity contribution >= 4 is 17.7 Å². The lowest BCUT2D eigenvalue weighted by atomic mass is 9.99. The predicted octanol–water partition coefficient (Wildman–Crippen LogP) is 6.63. The van der Waals surface area contributed by atoms with E-state index in [1.165, 1.54) is 11.1 Å². The molecule has 0 saturated carbocycles. The van der Waals surface area contributed by atoms with Crippen molar-refractivity contribution < 1.29 is 9.90 Å². The van der Waals surface area contributed by atoms with Crippen LogP contribution in [0.15, 0.2) is 78.0 Å². The molecule has 1 aromatic heterocycles. The highest BCUT2D eigenvalue weighted by Gasteiger charge is 2.15. The number of carbonyl (C=O) groups is 1. The van der Waals surface area contributed by atoms with E-state index >= 15 is 0 Å². The molecule has 4 rings (SSSR count). The quantitative estimate of drug-likeness (QED) is 0.263. The van der Waals surface area contributed by atoms with Gasteiger partial charge in [0.15, 0.2) is 5.16 Å². The lowest BCUT2D eigenvalue weighted by molar-refractivity contribution is 0.0697. The van der Waals surface area contributed by atoms with Crippen LogP contribution in [0.1, 0.15) is 52.6 Å². The van der Waals surface area contributed by atoms with Crippen LogP contribution in [0, 0.1) is 6.92 Å². The van der Waals surface area contributed by atoms with E-state index in [4.69, 9.17) is 0 Å². The number of unbranched alkanes of at least 4 members (excludes halogenated alkanes) is 1. The van der Waals surface area contributed by atoms with Gasteiger partial charge in [0.05, 0.1) is 12.1 Å². The van der Waals surface area contributed by atoms with Crippen LogP contribution in [-0.4, -0.2) is 25.8 Å². The van der Waals surface area contributed by atoms with Crippen LogP contribution in [-0.2, 0) is 18.7 Å². The van der Waals surface area contributed by atoms with Gasteiger partial charge in [-0.3, -0.25) is 0 Å². The Kier molecular flexibility index (Phi) is 7.80. The summed E-state index contributed by atoms with van der Waals surface area (Å²) < 4.78 is 2.22. The Morgan fingerprint density at radius 1 is 0.971 bits per heavy atom. The smallest absolute Gasteiger partial charge is 0.336 e. The summed E-state index contributed by atoms with van der Waals surface area (Å²) in [5.74, 6) is 0.943. The third kappa shape index (κ3) is 5.57. The largest absolute Gasteiger partial charge is 0.478 e. The lowest BCUT2D eigenvalue weighted by Gasteiger charge is -2.12. The molecule has 0 amide bonds. The third-order valence-corrected chi connectivity index (χ3v) is 6.94. The van der Waals surface area contributed by atoms with Gasteiger partial charge in [-0.25, -0.2) is 4.79 Å². The van der Waals surface area contributed by atoms with Crippen LogP contribution in [0.5, 0.6) is 0 Å². The first-order valence-corrected chi connectivity index (χ1v) is 12.6. The molecule has 0 aliphatic heterocycles. The van der Waals surface area contributed by atoms with E-state index < -0.39 is 5.97 Å². The minimum Gasteiger partial charge on any atom is -0.478 e. The maximum absolute atomic E-state index is 11.6. The van der Waals surface area contributed by atoms with Crippen LogP contribution in [0.3, 0.4) is 0 Å². The molecule has 0 unspecified atom stereocenters. The Hall–Kier alpha value is -3.38. The first-order valence-electron chi connectivity index (χ1n) is 11.6. The Morgan fingerprint density at radius 2 is 1.71 bits per heavy atom. The van der Waals surface area contributed by atoms with Gasteiger partial charge in [-0.2, -0.15) is 0 Å². The van der Waals surface area contributed by atoms with Gasteiger partial charge < -0.3 is 9.67 Å². The molecule has 34 heavy (non-hydrogen) atoms. The van der Waals surface area contributed by atoms with Gasteiger partial charge in [-0.1, -0.05) is 91.8 Å². The number of aromatic carboxylic acids is 1. The molecule has 6 heteroatoms. The van der Waals surface area contributed by atoms with Gasteiger partial charge in [0.2, 0.25) is 0 Å². The zero-order chi connectivity index (χ0) is 23.9. The minimum absolute atomic E-state index is 0.311. The monoisotopic (exact) mass is 471 g/mol. The molecule has 0 saturated heterocycles.